The SMILES string of the molecule is CC(C#Cc1ccc(Oc2ccccc2)cc1)N(O)C(N)=O. The first-order valence-corrected chi connectivity index (χ1v) is 6.68. The van der Waals surface area contributed by atoms with E-state index in [4.69, 9.17) is 10.5 Å². The third-order valence-corrected chi connectivity index (χ3v) is 2.85. The molecule has 0 aliphatic heterocycles. The van der Waals surface area contributed by atoms with Gasteiger partial charge in [0.15, 0.2) is 0 Å². The highest BCUT2D eigenvalue weighted by Crippen LogP contribution is 2.20. The zero-order valence-electron chi connectivity index (χ0n) is 12.1. The number of urea groups is 1. The lowest BCUT2D eigenvalue weighted by molar-refractivity contribution is -0.0536. The summed E-state index contributed by atoms with van der Waals surface area (Å²) in [6, 6.07) is 15.0. The average molecular weight is 296 g/mol. The Kier molecular flexibility index (Phi) is 5.02. The van der Waals surface area contributed by atoms with Crippen LogP contribution in [0.1, 0.15) is 12.5 Å². The van der Waals surface area contributed by atoms with E-state index in [1.165, 1.54) is 0 Å². The molecule has 0 aromatic heterocycles. The van der Waals surface area contributed by atoms with Crippen LogP contribution < -0.4 is 10.5 Å². The van der Waals surface area contributed by atoms with Crippen molar-refractivity contribution < 1.29 is 14.7 Å². The molecular weight excluding hydrogens is 280 g/mol. The van der Waals surface area contributed by atoms with E-state index in [0.717, 1.165) is 11.3 Å². The van der Waals surface area contributed by atoms with Gasteiger partial charge in [-0.3, -0.25) is 5.21 Å². The lowest BCUT2D eigenvalue weighted by atomic mass is 10.2. The molecule has 1 unspecified atom stereocenters. The molecule has 0 heterocycles. The minimum atomic E-state index is -0.937. The maximum Gasteiger partial charge on any atom is 0.339 e. The van der Waals surface area contributed by atoms with Gasteiger partial charge in [0, 0.05) is 5.56 Å². The summed E-state index contributed by atoms with van der Waals surface area (Å²) >= 11 is 0. The predicted molar refractivity (Wildman–Crippen MR) is 82.5 cm³/mol. The lowest BCUT2D eigenvalue weighted by Gasteiger charge is -2.14. The Labute approximate surface area is 128 Å². The standard InChI is InChI=1S/C17H16N2O3/c1-13(19(21)17(18)20)7-8-14-9-11-16(12-10-14)22-15-5-3-2-4-6-15/h2-6,9-13,21H,1H3,(H2,18,20). The Balaban J connectivity index is 2.02. The van der Waals surface area contributed by atoms with Gasteiger partial charge in [0.1, 0.15) is 17.5 Å². The number of hydrogen-bond acceptors (Lipinski definition) is 3. The molecule has 0 saturated heterocycles. The van der Waals surface area contributed by atoms with Crippen LogP contribution in [0.4, 0.5) is 4.79 Å². The van der Waals surface area contributed by atoms with Crippen molar-refractivity contribution in [2.75, 3.05) is 0 Å². The molecule has 22 heavy (non-hydrogen) atoms. The lowest BCUT2D eigenvalue weighted by Crippen LogP contribution is -2.38. The quantitative estimate of drug-likeness (QED) is 0.519. The highest BCUT2D eigenvalue weighted by Gasteiger charge is 2.11. The molecule has 0 aliphatic carbocycles. The Morgan fingerprint density at radius 1 is 1.14 bits per heavy atom. The number of benzene rings is 2. The van der Waals surface area contributed by atoms with Gasteiger partial charge in [0.25, 0.3) is 0 Å². The Morgan fingerprint density at radius 2 is 1.73 bits per heavy atom. The van der Waals surface area contributed by atoms with Gasteiger partial charge in [-0.05, 0) is 43.3 Å². The Bertz CT molecular complexity index is 687. The van der Waals surface area contributed by atoms with Crippen LogP contribution in [0.2, 0.25) is 0 Å². The van der Waals surface area contributed by atoms with Crippen LogP contribution in [-0.2, 0) is 0 Å². The summed E-state index contributed by atoms with van der Waals surface area (Å²) in [4.78, 5) is 10.8. The molecule has 0 saturated carbocycles. The number of hydroxylamine groups is 2. The number of rotatable bonds is 3. The molecule has 0 spiro atoms. The van der Waals surface area contributed by atoms with Gasteiger partial charge in [0.05, 0.1) is 0 Å². The van der Waals surface area contributed by atoms with Crippen molar-refractivity contribution in [3.05, 3.63) is 60.2 Å². The summed E-state index contributed by atoms with van der Waals surface area (Å²) in [5.41, 5.74) is 5.69. The molecular formula is C17H16N2O3. The first-order valence-electron chi connectivity index (χ1n) is 6.68. The van der Waals surface area contributed by atoms with E-state index in [-0.39, 0.29) is 0 Å². The van der Waals surface area contributed by atoms with E-state index in [0.29, 0.717) is 10.8 Å². The van der Waals surface area contributed by atoms with Crippen LogP contribution in [0.5, 0.6) is 11.5 Å². The van der Waals surface area contributed by atoms with Crippen molar-refractivity contribution in [2.24, 2.45) is 5.73 Å². The number of ether oxygens (including phenoxy) is 1. The summed E-state index contributed by atoms with van der Waals surface area (Å²) in [5, 5.41) is 9.71. The fraction of sp³-hybridized carbons (Fsp3) is 0.118. The molecule has 2 rings (SSSR count). The van der Waals surface area contributed by atoms with Crippen LogP contribution in [0, 0.1) is 11.8 Å². The van der Waals surface area contributed by atoms with Crippen LogP contribution >= 0.6 is 0 Å². The molecule has 5 nitrogen and oxygen atoms in total. The molecule has 3 N–H and O–H groups in total. The minimum Gasteiger partial charge on any atom is -0.457 e. The first kappa shape index (κ1) is 15.4. The summed E-state index contributed by atoms with van der Waals surface area (Å²) in [5.74, 6) is 7.05. The number of carbonyl (C=O) groups excluding carboxylic acids is 1. The van der Waals surface area contributed by atoms with Gasteiger partial charge in [-0.25, -0.2) is 4.79 Å². The zero-order valence-corrected chi connectivity index (χ0v) is 12.1. The van der Waals surface area contributed by atoms with Crippen LogP contribution in [-0.4, -0.2) is 22.3 Å². The fourth-order valence-electron chi connectivity index (χ4n) is 1.67. The molecule has 0 fully saturated rings. The summed E-state index contributed by atoms with van der Waals surface area (Å²) in [6.07, 6.45) is 0. The largest absolute Gasteiger partial charge is 0.457 e. The second-order valence-corrected chi connectivity index (χ2v) is 4.57. The fourth-order valence-corrected chi connectivity index (χ4v) is 1.67. The van der Waals surface area contributed by atoms with Crippen molar-refractivity contribution in [1.82, 2.24) is 5.06 Å². The van der Waals surface area contributed by atoms with Gasteiger partial charge in [-0.2, -0.15) is 5.06 Å². The molecule has 5 heteroatoms. The number of primary amides is 1. The highest BCUT2D eigenvalue weighted by molar-refractivity contribution is 5.71. The Morgan fingerprint density at radius 3 is 2.32 bits per heavy atom. The van der Waals surface area contributed by atoms with Crippen LogP contribution in [0.3, 0.4) is 0 Å². The van der Waals surface area contributed by atoms with Gasteiger partial charge in [-0.1, -0.05) is 30.0 Å². The van der Waals surface area contributed by atoms with E-state index in [9.17, 15) is 10.0 Å². The van der Waals surface area contributed by atoms with Crippen molar-refractivity contribution in [3.8, 4) is 23.3 Å². The monoisotopic (exact) mass is 296 g/mol. The number of amides is 2. The van der Waals surface area contributed by atoms with Gasteiger partial charge < -0.3 is 10.5 Å². The minimum absolute atomic E-state index is 0.389. The normalized spacial score (nSPS) is 11.0. The molecule has 1 atom stereocenters. The topological polar surface area (TPSA) is 75.8 Å². The molecule has 0 aliphatic rings. The maximum atomic E-state index is 10.8. The molecule has 0 radical (unpaired) electrons. The highest BCUT2D eigenvalue weighted by atomic mass is 16.5. The van der Waals surface area contributed by atoms with E-state index >= 15 is 0 Å². The molecule has 112 valence electrons. The zero-order chi connectivity index (χ0) is 15.9. The summed E-state index contributed by atoms with van der Waals surface area (Å²) < 4.78 is 5.67. The number of para-hydroxylation sites is 1. The van der Waals surface area contributed by atoms with Crippen molar-refractivity contribution in [3.63, 3.8) is 0 Å². The van der Waals surface area contributed by atoms with Gasteiger partial charge in [0.2, 0.25) is 0 Å². The van der Waals surface area contributed by atoms with E-state index < -0.39 is 12.1 Å². The van der Waals surface area contributed by atoms with E-state index in [1.54, 1.807) is 31.2 Å². The second kappa shape index (κ2) is 7.16. The number of hydrogen-bond donors (Lipinski definition) is 2. The molecule has 0 bridgehead atoms. The molecule has 2 aromatic carbocycles. The first-order chi connectivity index (χ1) is 10.6. The molecule has 2 amide bonds. The van der Waals surface area contributed by atoms with Crippen molar-refractivity contribution in [2.45, 2.75) is 13.0 Å². The maximum absolute atomic E-state index is 10.8. The average Bonchev–Trinajstić information content (AvgIpc) is 2.54. The van der Waals surface area contributed by atoms with Gasteiger partial charge >= 0.3 is 6.03 Å². The number of nitrogens with two attached hydrogens (primary N) is 1. The van der Waals surface area contributed by atoms with Gasteiger partial charge in [-0.15, -0.1) is 0 Å². The second-order valence-electron chi connectivity index (χ2n) is 4.57. The predicted octanol–water partition coefficient (Wildman–Crippen LogP) is 2.99. The summed E-state index contributed by atoms with van der Waals surface area (Å²) in [7, 11) is 0. The van der Waals surface area contributed by atoms with Crippen molar-refractivity contribution in [1.29, 1.82) is 0 Å². The van der Waals surface area contributed by atoms with Crippen LogP contribution in [0.25, 0.3) is 0 Å². The third kappa shape index (κ3) is 4.27. The van der Waals surface area contributed by atoms with Crippen molar-refractivity contribution >= 4 is 6.03 Å². The third-order valence-electron chi connectivity index (χ3n) is 2.85. The Hall–Kier alpha value is -2.97. The van der Waals surface area contributed by atoms with E-state index in [2.05, 4.69) is 11.8 Å². The number of carbonyl (C=O) groups is 1. The smallest absolute Gasteiger partial charge is 0.339 e. The molecule has 2 aromatic rings. The van der Waals surface area contributed by atoms with Crippen LogP contribution in [0.15, 0.2) is 54.6 Å². The van der Waals surface area contributed by atoms with E-state index in [1.807, 2.05) is 30.3 Å². The summed E-state index contributed by atoms with van der Waals surface area (Å²) in [6.45, 7) is 1.57. The number of nitrogens with zero attached hydrogens (tertiary/aromatic N) is 1.